The molecule has 0 radical (unpaired) electrons. The third-order valence-corrected chi connectivity index (χ3v) is 1.85. The fourth-order valence-electron chi connectivity index (χ4n) is 1.19. The predicted octanol–water partition coefficient (Wildman–Crippen LogP) is 2.08. The standard InChI is InChI=1S/C9H19NO/c1-3-4-5-6-8(2)7-9(10)11/h8H,3-7H2,1-2H3,(H2,10,11)/t8-/m0/s1. The molecule has 0 fully saturated rings. The Morgan fingerprint density at radius 1 is 1.45 bits per heavy atom. The van der Waals surface area contributed by atoms with Gasteiger partial charge in [-0.2, -0.15) is 0 Å². The highest BCUT2D eigenvalue weighted by Gasteiger charge is 2.04. The molecule has 0 heterocycles. The highest BCUT2D eigenvalue weighted by Crippen LogP contribution is 2.11. The maximum atomic E-state index is 10.5. The normalized spacial score (nSPS) is 12.9. The molecule has 0 rings (SSSR count). The largest absolute Gasteiger partial charge is 0.370 e. The van der Waals surface area contributed by atoms with Crippen molar-refractivity contribution in [1.82, 2.24) is 0 Å². The first kappa shape index (κ1) is 10.5. The van der Waals surface area contributed by atoms with Gasteiger partial charge in [-0.1, -0.05) is 39.5 Å². The molecule has 11 heavy (non-hydrogen) atoms. The first-order chi connectivity index (χ1) is 5.16. The molecule has 0 spiro atoms. The van der Waals surface area contributed by atoms with E-state index in [2.05, 4.69) is 13.8 Å². The minimum absolute atomic E-state index is 0.172. The second-order valence-corrected chi connectivity index (χ2v) is 3.27. The Bertz CT molecular complexity index is 112. The molecule has 66 valence electrons. The lowest BCUT2D eigenvalue weighted by Gasteiger charge is -2.07. The number of primary amides is 1. The molecule has 0 aliphatic heterocycles. The van der Waals surface area contributed by atoms with Crippen LogP contribution in [-0.4, -0.2) is 5.91 Å². The van der Waals surface area contributed by atoms with Gasteiger partial charge in [-0.3, -0.25) is 4.79 Å². The molecule has 2 nitrogen and oxygen atoms in total. The number of rotatable bonds is 6. The summed E-state index contributed by atoms with van der Waals surface area (Å²) in [4.78, 5) is 10.5. The number of hydrogen-bond donors (Lipinski definition) is 1. The van der Waals surface area contributed by atoms with Crippen molar-refractivity contribution in [1.29, 1.82) is 0 Å². The molecule has 1 atom stereocenters. The average Bonchev–Trinajstić information content (AvgIpc) is 1.86. The molecule has 0 saturated heterocycles. The van der Waals surface area contributed by atoms with Crippen LogP contribution in [-0.2, 0) is 4.79 Å². The number of hydrogen-bond acceptors (Lipinski definition) is 1. The summed E-state index contributed by atoms with van der Waals surface area (Å²) in [5, 5.41) is 0. The van der Waals surface area contributed by atoms with Crippen LogP contribution in [0.15, 0.2) is 0 Å². The van der Waals surface area contributed by atoms with Gasteiger partial charge in [0.05, 0.1) is 0 Å². The zero-order valence-corrected chi connectivity index (χ0v) is 7.60. The lowest BCUT2D eigenvalue weighted by Crippen LogP contribution is -2.14. The van der Waals surface area contributed by atoms with Crippen molar-refractivity contribution in [2.45, 2.75) is 46.0 Å². The molecule has 0 aromatic heterocycles. The Morgan fingerprint density at radius 2 is 2.09 bits per heavy atom. The molecular formula is C9H19NO. The summed E-state index contributed by atoms with van der Waals surface area (Å²) >= 11 is 0. The molecule has 0 aliphatic carbocycles. The summed E-state index contributed by atoms with van der Waals surface area (Å²) in [6.45, 7) is 4.26. The average molecular weight is 157 g/mol. The van der Waals surface area contributed by atoms with Gasteiger partial charge in [0.15, 0.2) is 0 Å². The van der Waals surface area contributed by atoms with Crippen molar-refractivity contribution in [2.75, 3.05) is 0 Å². The maximum Gasteiger partial charge on any atom is 0.217 e. The molecular weight excluding hydrogens is 138 g/mol. The summed E-state index contributed by atoms with van der Waals surface area (Å²) in [7, 11) is 0. The summed E-state index contributed by atoms with van der Waals surface area (Å²) in [6, 6.07) is 0. The van der Waals surface area contributed by atoms with E-state index in [1.54, 1.807) is 0 Å². The predicted molar refractivity (Wildman–Crippen MR) is 47.1 cm³/mol. The first-order valence-electron chi connectivity index (χ1n) is 4.45. The van der Waals surface area contributed by atoms with Gasteiger partial charge in [0.2, 0.25) is 5.91 Å². The van der Waals surface area contributed by atoms with E-state index in [4.69, 9.17) is 5.73 Å². The lowest BCUT2D eigenvalue weighted by atomic mass is 10.00. The van der Waals surface area contributed by atoms with E-state index < -0.39 is 0 Å². The second-order valence-electron chi connectivity index (χ2n) is 3.27. The number of nitrogens with two attached hydrogens (primary N) is 1. The minimum atomic E-state index is -0.172. The minimum Gasteiger partial charge on any atom is -0.370 e. The lowest BCUT2D eigenvalue weighted by molar-refractivity contribution is -0.118. The first-order valence-corrected chi connectivity index (χ1v) is 4.45. The Hall–Kier alpha value is -0.530. The van der Waals surface area contributed by atoms with Gasteiger partial charge in [-0.05, 0) is 5.92 Å². The highest BCUT2D eigenvalue weighted by molar-refractivity contribution is 5.73. The quantitative estimate of drug-likeness (QED) is 0.589. The van der Waals surface area contributed by atoms with E-state index in [-0.39, 0.29) is 5.91 Å². The number of unbranched alkanes of at least 4 members (excludes halogenated alkanes) is 2. The van der Waals surface area contributed by atoms with Gasteiger partial charge < -0.3 is 5.73 Å². The van der Waals surface area contributed by atoms with Crippen LogP contribution in [0.5, 0.6) is 0 Å². The van der Waals surface area contributed by atoms with Crippen LogP contribution in [0.4, 0.5) is 0 Å². The van der Waals surface area contributed by atoms with E-state index in [0.717, 1.165) is 6.42 Å². The van der Waals surface area contributed by atoms with Crippen LogP contribution >= 0.6 is 0 Å². The third-order valence-electron chi connectivity index (χ3n) is 1.85. The third kappa shape index (κ3) is 7.37. The molecule has 1 amide bonds. The van der Waals surface area contributed by atoms with Crippen molar-refractivity contribution in [3.63, 3.8) is 0 Å². The number of amides is 1. The Balaban J connectivity index is 3.22. The zero-order valence-electron chi connectivity index (χ0n) is 7.60. The summed E-state index contributed by atoms with van der Waals surface area (Å²) in [6.07, 6.45) is 5.41. The van der Waals surface area contributed by atoms with E-state index in [1.807, 2.05) is 0 Å². The molecule has 2 N–H and O–H groups in total. The molecule has 0 unspecified atom stereocenters. The molecule has 2 heteroatoms. The number of carbonyl (C=O) groups excluding carboxylic acids is 1. The van der Waals surface area contributed by atoms with Crippen LogP contribution in [0.1, 0.15) is 46.0 Å². The van der Waals surface area contributed by atoms with Crippen LogP contribution in [0.2, 0.25) is 0 Å². The Labute approximate surface area is 69.2 Å². The molecule has 0 aromatic carbocycles. The van der Waals surface area contributed by atoms with E-state index in [1.165, 1.54) is 19.3 Å². The number of carbonyl (C=O) groups is 1. The molecule has 0 aliphatic rings. The van der Waals surface area contributed by atoms with Gasteiger partial charge in [-0.15, -0.1) is 0 Å². The van der Waals surface area contributed by atoms with Gasteiger partial charge in [0.1, 0.15) is 0 Å². The van der Waals surface area contributed by atoms with Crippen molar-refractivity contribution >= 4 is 5.91 Å². The van der Waals surface area contributed by atoms with Gasteiger partial charge in [0.25, 0.3) is 0 Å². The van der Waals surface area contributed by atoms with Crippen molar-refractivity contribution in [3.8, 4) is 0 Å². The Morgan fingerprint density at radius 3 is 2.55 bits per heavy atom. The van der Waals surface area contributed by atoms with Crippen molar-refractivity contribution < 1.29 is 4.79 Å². The molecule has 0 saturated carbocycles. The SMILES string of the molecule is CCCCC[C@H](C)CC(N)=O. The monoisotopic (exact) mass is 157 g/mol. The molecule has 0 bridgehead atoms. The van der Waals surface area contributed by atoms with E-state index in [0.29, 0.717) is 12.3 Å². The van der Waals surface area contributed by atoms with Crippen LogP contribution in [0.25, 0.3) is 0 Å². The fraction of sp³-hybridized carbons (Fsp3) is 0.889. The zero-order chi connectivity index (χ0) is 8.69. The van der Waals surface area contributed by atoms with Gasteiger partial charge >= 0.3 is 0 Å². The Kier molecular flexibility index (Phi) is 5.90. The van der Waals surface area contributed by atoms with E-state index >= 15 is 0 Å². The summed E-state index contributed by atoms with van der Waals surface area (Å²) in [5.74, 6) is 0.299. The van der Waals surface area contributed by atoms with Crippen LogP contribution in [0.3, 0.4) is 0 Å². The van der Waals surface area contributed by atoms with Gasteiger partial charge in [0, 0.05) is 6.42 Å². The summed E-state index contributed by atoms with van der Waals surface area (Å²) in [5.41, 5.74) is 5.06. The smallest absolute Gasteiger partial charge is 0.217 e. The van der Waals surface area contributed by atoms with Crippen LogP contribution in [0, 0.1) is 5.92 Å². The molecule has 0 aromatic rings. The second kappa shape index (κ2) is 6.20. The topological polar surface area (TPSA) is 43.1 Å². The van der Waals surface area contributed by atoms with Gasteiger partial charge in [-0.25, -0.2) is 0 Å². The van der Waals surface area contributed by atoms with Crippen molar-refractivity contribution in [2.24, 2.45) is 11.7 Å². The summed E-state index contributed by atoms with van der Waals surface area (Å²) < 4.78 is 0. The maximum absolute atomic E-state index is 10.5. The van der Waals surface area contributed by atoms with Crippen LogP contribution < -0.4 is 5.73 Å². The highest BCUT2D eigenvalue weighted by atomic mass is 16.1. The fourth-order valence-corrected chi connectivity index (χ4v) is 1.19. The van der Waals surface area contributed by atoms with E-state index in [9.17, 15) is 4.79 Å². The van der Waals surface area contributed by atoms with Crippen molar-refractivity contribution in [3.05, 3.63) is 0 Å².